The highest BCUT2D eigenvalue weighted by Crippen LogP contribution is 2.37. The zero-order valence-corrected chi connectivity index (χ0v) is 14.7. The van der Waals surface area contributed by atoms with Crippen LogP contribution in [0.3, 0.4) is 0 Å². The Bertz CT molecular complexity index is 708. The average molecular weight is 389 g/mol. The first-order chi connectivity index (χ1) is 12.3. The minimum absolute atomic E-state index is 0.0832. The Hall–Kier alpha value is -1.97. The minimum Gasteiger partial charge on any atom is -0.370 e. The molecule has 1 unspecified atom stereocenters. The van der Waals surface area contributed by atoms with Crippen molar-refractivity contribution in [2.75, 3.05) is 42.6 Å². The summed E-state index contributed by atoms with van der Waals surface area (Å²) in [7, 11) is 0. The molecule has 3 rings (SSSR count). The van der Waals surface area contributed by atoms with Crippen LogP contribution in [0, 0.1) is 16.0 Å². The Balaban J connectivity index is 1.92. The van der Waals surface area contributed by atoms with E-state index in [1.165, 1.54) is 23.1 Å². The Morgan fingerprint density at radius 3 is 2.50 bits per heavy atom. The highest BCUT2D eigenvalue weighted by atomic mass is 32.2. The number of nitrogens with zero attached hydrogens (tertiary/aromatic N) is 3. The van der Waals surface area contributed by atoms with E-state index in [4.69, 9.17) is 0 Å². The van der Waals surface area contributed by atoms with Crippen molar-refractivity contribution < 1.29 is 22.9 Å². The van der Waals surface area contributed by atoms with Crippen molar-refractivity contribution in [2.45, 2.75) is 12.6 Å². The Kier molecular flexibility index (Phi) is 5.31. The number of nitro benzene ring substituents is 1. The third-order valence-corrected chi connectivity index (χ3v) is 5.66. The number of amides is 1. The topological polar surface area (TPSA) is 66.7 Å². The maximum Gasteiger partial charge on any atom is 0.393 e. The van der Waals surface area contributed by atoms with Gasteiger partial charge in [-0.25, -0.2) is 0 Å². The zero-order valence-electron chi connectivity index (χ0n) is 13.9. The molecule has 0 aliphatic carbocycles. The summed E-state index contributed by atoms with van der Waals surface area (Å²) in [6, 6.07) is 3.80. The Labute approximate surface area is 152 Å². The molecule has 0 radical (unpaired) electrons. The van der Waals surface area contributed by atoms with Crippen molar-refractivity contribution in [1.29, 1.82) is 0 Å². The van der Waals surface area contributed by atoms with Gasteiger partial charge in [0, 0.05) is 49.8 Å². The van der Waals surface area contributed by atoms with Gasteiger partial charge >= 0.3 is 6.18 Å². The van der Waals surface area contributed by atoms with Gasteiger partial charge in [-0.05, 0) is 12.5 Å². The fourth-order valence-electron chi connectivity index (χ4n) is 3.26. The van der Waals surface area contributed by atoms with E-state index in [0.29, 0.717) is 13.1 Å². The molecule has 0 N–H and O–H groups in total. The molecular formula is C16H18F3N3O3S. The predicted molar refractivity (Wildman–Crippen MR) is 92.7 cm³/mol. The molecule has 0 spiro atoms. The largest absolute Gasteiger partial charge is 0.393 e. The lowest BCUT2D eigenvalue weighted by atomic mass is 10.1. The Morgan fingerprint density at radius 1 is 1.23 bits per heavy atom. The third-order valence-electron chi connectivity index (χ3n) is 4.71. The summed E-state index contributed by atoms with van der Waals surface area (Å²) in [6.45, 7) is 0.943. The van der Waals surface area contributed by atoms with Crippen LogP contribution in [0.25, 0.3) is 0 Å². The normalized spacial score (nSPS) is 21.1. The van der Waals surface area contributed by atoms with Gasteiger partial charge in [-0.15, -0.1) is 0 Å². The van der Waals surface area contributed by atoms with Gasteiger partial charge in [-0.1, -0.05) is 0 Å². The molecule has 1 aromatic rings. The summed E-state index contributed by atoms with van der Waals surface area (Å²) in [4.78, 5) is 26.4. The first-order valence-electron chi connectivity index (χ1n) is 8.24. The van der Waals surface area contributed by atoms with Crippen molar-refractivity contribution in [3.8, 4) is 0 Å². The van der Waals surface area contributed by atoms with Crippen LogP contribution in [-0.4, -0.2) is 59.6 Å². The van der Waals surface area contributed by atoms with Gasteiger partial charge in [0.25, 0.3) is 11.6 Å². The van der Waals surface area contributed by atoms with Crippen molar-refractivity contribution in [2.24, 2.45) is 5.92 Å². The number of nitro groups is 1. The summed E-state index contributed by atoms with van der Waals surface area (Å²) in [5.74, 6) is -0.177. The number of hydrogen-bond donors (Lipinski definition) is 0. The number of carbonyl (C=O) groups is 1. The molecule has 2 fully saturated rings. The third kappa shape index (κ3) is 3.89. The average Bonchev–Trinajstić information content (AvgIpc) is 3.11. The summed E-state index contributed by atoms with van der Waals surface area (Å²) >= 11 is 1.73. The summed E-state index contributed by atoms with van der Waals surface area (Å²) < 4.78 is 39.0. The number of anilines is 1. The van der Waals surface area contributed by atoms with Crippen LogP contribution in [0.15, 0.2) is 18.2 Å². The zero-order chi connectivity index (χ0) is 18.9. The van der Waals surface area contributed by atoms with E-state index >= 15 is 0 Å². The molecule has 10 heteroatoms. The standard InChI is InChI=1S/C16H18F3N3O3S/c17-16(18,19)11-3-4-21(10-11)14-9-12(22(24)25)1-2-13(14)15(23)20-5-7-26-8-6-20/h1-2,9,11H,3-8,10H2. The lowest BCUT2D eigenvalue weighted by Gasteiger charge is -2.29. The van der Waals surface area contributed by atoms with E-state index in [9.17, 15) is 28.1 Å². The van der Waals surface area contributed by atoms with Crippen LogP contribution < -0.4 is 4.90 Å². The second-order valence-electron chi connectivity index (χ2n) is 6.34. The molecule has 1 atom stereocenters. The number of benzene rings is 1. The maximum atomic E-state index is 13.0. The van der Waals surface area contributed by atoms with Gasteiger partial charge in [0.15, 0.2) is 0 Å². The fraction of sp³-hybridized carbons (Fsp3) is 0.562. The highest BCUT2D eigenvalue weighted by Gasteiger charge is 2.44. The second-order valence-corrected chi connectivity index (χ2v) is 7.56. The molecule has 1 amide bonds. The number of non-ortho nitro benzene ring substituents is 1. The van der Waals surface area contributed by atoms with Crippen LogP contribution in [0.2, 0.25) is 0 Å². The quantitative estimate of drug-likeness (QED) is 0.587. The lowest BCUT2D eigenvalue weighted by Crippen LogP contribution is -2.39. The van der Waals surface area contributed by atoms with Gasteiger partial charge in [0.2, 0.25) is 0 Å². The van der Waals surface area contributed by atoms with Crippen molar-refractivity contribution in [1.82, 2.24) is 4.90 Å². The van der Waals surface area contributed by atoms with Gasteiger partial charge in [0.1, 0.15) is 0 Å². The SMILES string of the molecule is O=C(c1ccc([N+](=O)[O-])cc1N1CCC(C(F)(F)F)C1)N1CCSCC1. The predicted octanol–water partition coefficient (Wildman–Crippen LogP) is 3.17. The number of thioether (sulfide) groups is 1. The first kappa shape index (κ1) is 18.8. The van der Waals surface area contributed by atoms with Gasteiger partial charge in [-0.3, -0.25) is 14.9 Å². The van der Waals surface area contributed by atoms with Crippen LogP contribution in [0.4, 0.5) is 24.5 Å². The molecule has 142 valence electrons. The number of hydrogen-bond acceptors (Lipinski definition) is 5. The monoisotopic (exact) mass is 389 g/mol. The molecule has 26 heavy (non-hydrogen) atoms. The Morgan fingerprint density at radius 2 is 1.92 bits per heavy atom. The van der Waals surface area contributed by atoms with Crippen LogP contribution >= 0.6 is 11.8 Å². The van der Waals surface area contributed by atoms with Crippen molar-refractivity contribution >= 4 is 29.0 Å². The molecule has 0 saturated carbocycles. The summed E-state index contributed by atoms with van der Waals surface area (Å²) in [5, 5.41) is 11.1. The minimum atomic E-state index is -4.32. The number of carbonyl (C=O) groups excluding carboxylic acids is 1. The van der Waals surface area contributed by atoms with Crippen molar-refractivity contribution in [3.05, 3.63) is 33.9 Å². The summed E-state index contributed by atoms with van der Waals surface area (Å²) in [5.41, 5.74) is 0.209. The molecule has 0 aromatic heterocycles. The second kappa shape index (κ2) is 7.34. The molecule has 2 aliphatic heterocycles. The van der Waals surface area contributed by atoms with E-state index < -0.39 is 17.0 Å². The first-order valence-corrected chi connectivity index (χ1v) is 9.40. The molecule has 2 aliphatic rings. The van der Waals surface area contributed by atoms with E-state index in [1.807, 2.05) is 0 Å². The molecular weight excluding hydrogens is 371 g/mol. The van der Waals surface area contributed by atoms with E-state index in [-0.39, 0.29) is 42.4 Å². The van der Waals surface area contributed by atoms with Crippen LogP contribution in [-0.2, 0) is 0 Å². The molecule has 2 heterocycles. The molecule has 1 aromatic carbocycles. The van der Waals surface area contributed by atoms with E-state index in [0.717, 1.165) is 11.5 Å². The van der Waals surface area contributed by atoms with E-state index in [1.54, 1.807) is 16.7 Å². The maximum absolute atomic E-state index is 13.0. The number of halogens is 3. The smallest absolute Gasteiger partial charge is 0.370 e. The molecule has 0 bridgehead atoms. The number of alkyl halides is 3. The van der Waals surface area contributed by atoms with Gasteiger partial charge in [-0.2, -0.15) is 24.9 Å². The molecule has 6 nitrogen and oxygen atoms in total. The fourth-order valence-corrected chi connectivity index (χ4v) is 4.16. The molecule has 2 saturated heterocycles. The lowest BCUT2D eigenvalue weighted by molar-refractivity contribution is -0.384. The van der Waals surface area contributed by atoms with E-state index in [2.05, 4.69) is 0 Å². The van der Waals surface area contributed by atoms with Crippen molar-refractivity contribution in [3.63, 3.8) is 0 Å². The van der Waals surface area contributed by atoms with Crippen LogP contribution in [0.5, 0.6) is 0 Å². The van der Waals surface area contributed by atoms with Crippen LogP contribution in [0.1, 0.15) is 16.8 Å². The number of rotatable bonds is 3. The van der Waals surface area contributed by atoms with Gasteiger partial charge < -0.3 is 9.80 Å². The van der Waals surface area contributed by atoms with Gasteiger partial charge in [0.05, 0.1) is 22.1 Å². The highest BCUT2D eigenvalue weighted by molar-refractivity contribution is 7.99. The summed E-state index contributed by atoms with van der Waals surface area (Å²) in [6.07, 6.45) is -4.40.